The first-order valence-corrected chi connectivity index (χ1v) is 7.91. The van der Waals surface area contributed by atoms with Gasteiger partial charge in [0.15, 0.2) is 0 Å². The molecule has 0 unspecified atom stereocenters. The molecule has 2 aromatic carbocycles. The van der Waals surface area contributed by atoms with Crippen molar-refractivity contribution >= 4 is 27.7 Å². The van der Waals surface area contributed by atoms with E-state index in [1.165, 1.54) is 6.07 Å². The smallest absolute Gasteiger partial charge is 0.240 e. The molecule has 0 radical (unpaired) electrons. The van der Waals surface area contributed by atoms with Crippen molar-refractivity contribution in [2.24, 2.45) is 5.73 Å². The Bertz CT molecular complexity index is 768. The lowest BCUT2D eigenvalue weighted by molar-refractivity contribution is -0.127. The van der Waals surface area contributed by atoms with Crippen LogP contribution in [0.5, 0.6) is 0 Å². The number of benzene rings is 2. The third-order valence-corrected chi connectivity index (χ3v) is 3.87. The number of nitrogens with two attached hydrogens (primary N) is 1. The first-order chi connectivity index (χ1) is 11.3. The summed E-state index contributed by atoms with van der Waals surface area (Å²) in [6.45, 7) is 0. The summed E-state index contributed by atoms with van der Waals surface area (Å²) < 4.78 is 27.3. The van der Waals surface area contributed by atoms with Crippen LogP contribution in [0.1, 0.15) is 11.1 Å². The van der Waals surface area contributed by atoms with Gasteiger partial charge in [0.1, 0.15) is 17.7 Å². The van der Waals surface area contributed by atoms with Crippen molar-refractivity contribution < 1.29 is 18.4 Å². The molecule has 3 N–H and O–H groups in total. The maximum atomic E-state index is 13.6. The van der Waals surface area contributed by atoms with Crippen LogP contribution in [0.3, 0.4) is 0 Å². The lowest BCUT2D eigenvalue weighted by Gasteiger charge is -2.16. The van der Waals surface area contributed by atoms with Gasteiger partial charge in [-0.2, -0.15) is 0 Å². The zero-order valence-electron chi connectivity index (χ0n) is 12.6. The number of amides is 2. The van der Waals surface area contributed by atoms with Crippen LogP contribution in [0.2, 0.25) is 0 Å². The Labute approximate surface area is 146 Å². The van der Waals surface area contributed by atoms with Crippen LogP contribution in [0.15, 0.2) is 46.9 Å². The van der Waals surface area contributed by atoms with E-state index in [4.69, 9.17) is 5.73 Å². The van der Waals surface area contributed by atoms with Gasteiger partial charge in [-0.15, -0.1) is 0 Å². The first-order valence-electron chi connectivity index (χ1n) is 7.12. The minimum absolute atomic E-state index is 0.0413. The van der Waals surface area contributed by atoms with Gasteiger partial charge >= 0.3 is 0 Å². The highest BCUT2D eigenvalue weighted by Gasteiger charge is 2.19. The van der Waals surface area contributed by atoms with E-state index in [1.807, 2.05) is 12.1 Å². The predicted molar refractivity (Wildman–Crippen MR) is 89.0 cm³/mol. The van der Waals surface area contributed by atoms with Crippen molar-refractivity contribution in [3.8, 4) is 0 Å². The Morgan fingerprint density at radius 2 is 1.92 bits per heavy atom. The van der Waals surface area contributed by atoms with Gasteiger partial charge in [-0.25, -0.2) is 8.78 Å². The van der Waals surface area contributed by atoms with E-state index in [1.54, 1.807) is 12.1 Å². The van der Waals surface area contributed by atoms with E-state index in [-0.39, 0.29) is 18.4 Å². The summed E-state index contributed by atoms with van der Waals surface area (Å²) in [5.41, 5.74) is 6.17. The monoisotopic (exact) mass is 396 g/mol. The second-order valence-electron chi connectivity index (χ2n) is 5.27. The quantitative estimate of drug-likeness (QED) is 0.786. The van der Waals surface area contributed by atoms with E-state index >= 15 is 0 Å². The molecule has 7 heteroatoms. The molecule has 0 heterocycles. The highest BCUT2D eigenvalue weighted by atomic mass is 79.9. The lowest BCUT2D eigenvalue weighted by atomic mass is 10.0. The predicted octanol–water partition coefficient (Wildman–Crippen LogP) is 2.48. The fourth-order valence-corrected chi connectivity index (χ4v) is 2.65. The van der Waals surface area contributed by atoms with E-state index < -0.39 is 29.5 Å². The number of nitrogens with one attached hydrogen (secondary N) is 1. The van der Waals surface area contributed by atoms with Gasteiger partial charge in [-0.1, -0.05) is 34.1 Å². The number of hydrogen-bond donors (Lipinski definition) is 2. The molecule has 0 spiro atoms. The van der Waals surface area contributed by atoms with E-state index in [2.05, 4.69) is 21.2 Å². The fourth-order valence-electron chi connectivity index (χ4n) is 2.21. The maximum absolute atomic E-state index is 13.6. The van der Waals surface area contributed by atoms with Crippen LogP contribution in [-0.4, -0.2) is 17.9 Å². The highest BCUT2D eigenvalue weighted by molar-refractivity contribution is 9.10. The van der Waals surface area contributed by atoms with Gasteiger partial charge in [0.2, 0.25) is 11.8 Å². The number of halogens is 3. The summed E-state index contributed by atoms with van der Waals surface area (Å²) in [5.74, 6) is -2.80. The van der Waals surface area contributed by atoms with Crippen molar-refractivity contribution in [2.75, 3.05) is 0 Å². The summed E-state index contributed by atoms with van der Waals surface area (Å²) in [4.78, 5) is 23.6. The molecule has 2 rings (SSSR count). The zero-order valence-corrected chi connectivity index (χ0v) is 14.1. The first kappa shape index (κ1) is 18.1. The van der Waals surface area contributed by atoms with Crippen molar-refractivity contribution in [1.29, 1.82) is 0 Å². The van der Waals surface area contributed by atoms with Crippen molar-refractivity contribution in [2.45, 2.75) is 18.9 Å². The molecule has 0 fully saturated rings. The van der Waals surface area contributed by atoms with E-state index in [9.17, 15) is 18.4 Å². The average molecular weight is 397 g/mol. The summed E-state index contributed by atoms with van der Waals surface area (Å²) in [6, 6.07) is 9.28. The molecule has 0 aromatic heterocycles. The third kappa shape index (κ3) is 5.13. The molecule has 0 saturated carbocycles. The molecular formula is C17H15BrF2N2O2. The number of primary amides is 1. The second kappa shape index (κ2) is 8.01. The summed E-state index contributed by atoms with van der Waals surface area (Å²) in [6.07, 6.45) is -0.0964. The summed E-state index contributed by atoms with van der Waals surface area (Å²) in [7, 11) is 0. The van der Waals surface area contributed by atoms with E-state index in [0.29, 0.717) is 6.07 Å². The Kier molecular flexibility index (Phi) is 6.03. The van der Waals surface area contributed by atoms with Crippen LogP contribution in [-0.2, 0) is 22.4 Å². The van der Waals surface area contributed by atoms with Crippen molar-refractivity contribution in [1.82, 2.24) is 5.32 Å². The molecule has 2 amide bonds. The van der Waals surface area contributed by atoms with Gasteiger partial charge in [0.05, 0.1) is 6.42 Å². The SMILES string of the molecule is NC(=O)[C@@H](Cc1cccc(Br)c1)NC(=O)Cc1ccc(F)cc1F. The Morgan fingerprint density at radius 1 is 1.17 bits per heavy atom. The normalized spacial score (nSPS) is 11.8. The minimum Gasteiger partial charge on any atom is -0.368 e. The largest absolute Gasteiger partial charge is 0.368 e. The standard InChI is InChI=1S/C17H15BrF2N2O2/c18-12-3-1-2-10(6-12)7-15(17(21)24)22-16(23)8-11-4-5-13(19)9-14(11)20/h1-6,9,15H,7-8H2,(H2,21,24)(H,22,23)/t15-/m1/s1. The van der Waals surface area contributed by atoms with Crippen LogP contribution in [0, 0.1) is 11.6 Å². The Morgan fingerprint density at radius 3 is 2.54 bits per heavy atom. The third-order valence-electron chi connectivity index (χ3n) is 3.37. The maximum Gasteiger partial charge on any atom is 0.240 e. The molecule has 0 aliphatic carbocycles. The summed E-state index contributed by atoms with van der Waals surface area (Å²) in [5, 5.41) is 2.49. The minimum atomic E-state index is -0.921. The average Bonchev–Trinajstić information content (AvgIpc) is 2.49. The molecule has 0 bridgehead atoms. The molecule has 24 heavy (non-hydrogen) atoms. The molecule has 0 aliphatic rings. The molecule has 2 aromatic rings. The topological polar surface area (TPSA) is 72.2 Å². The molecule has 1 atom stereocenters. The van der Waals surface area contributed by atoms with Crippen LogP contribution in [0.25, 0.3) is 0 Å². The molecule has 4 nitrogen and oxygen atoms in total. The zero-order chi connectivity index (χ0) is 17.7. The Hall–Kier alpha value is -2.28. The number of carbonyl (C=O) groups excluding carboxylic acids is 2. The van der Waals surface area contributed by atoms with Crippen molar-refractivity contribution in [3.63, 3.8) is 0 Å². The van der Waals surface area contributed by atoms with Crippen LogP contribution >= 0.6 is 15.9 Å². The van der Waals surface area contributed by atoms with Gasteiger partial charge in [0.25, 0.3) is 0 Å². The fraction of sp³-hybridized carbons (Fsp3) is 0.176. The molecule has 0 saturated heterocycles. The Balaban J connectivity index is 2.04. The van der Waals surface area contributed by atoms with Gasteiger partial charge in [-0.3, -0.25) is 9.59 Å². The van der Waals surface area contributed by atoms with Gasteiger partial charge < -0.3 is 11.1 Å². The molecule has 0 aliphatic heterocycles. The lowest BCUT2D eigenvalue weighted by Crippen LogP contribution is -2.46. The van der Waals surface area contributed by atoms with Gasteiger partial charge in [0, 0.05) is 17.0 Å². The number of carbonyl (C=O) groups is 2. The van der Waals surface area contributed by atoms with Gasteiger partial charge in [-0.05, 0) is 29.3 Å². The molecular weight excluding hydrogens is 382 g/mol. The number of hydrogen-bond acceptors (Lipinski definition) is 2. The van der Waals surface area contributed by atoms with Crippen LogP contribution < -0.4 is 11.1 Å². The van der Waals surface area contributed by atoms with Crippen molar-refractivity contribution in [3.05, 3.63) is 69.7 Å². The van der Waals surface area contributed by atoms with Crippen LogP contribution in [0.4, 0.5) is 8.78 Å². The molecule has 126 valence electrons. The summed E-state index contributed by atoms with van der Waals surface area (Å²) >= 11 is 3.32. The highest BCUT2D eigenvalue weighted by Crippen LogP contribution is 2.14. The van der Waals surface area contributed by atoms with E-state index in [0.717, 1.165) is 16.1 Å². The second-order valence-corrected chi connectivity index (χ2v) is 6.18. The number of rotatable bonds is 6.